The molecule has 312 valence electrons. The van der Waals surface area contributed by atoms with E-state index in [4.69, 9.17) is 24.3 Å². The third-order valence-corrected chi connectivity index (χ3v) is 10.3. The average Bonchev–Trinajstić information content (AvgIpc) is 3.14. The lowest BCUT2D eigenvalue weighted by Crippen LogP contribution is -2.29. The number of allylic oxidation sites excluding steroid dienone is 4. The van der Waals surface area contributed by atoms with Crippen molar-refractivity contribution < 1.29 is 37.6 Å². The number of unbranched alkanes of at least 4 members (excludes halogenated alkanes) is 24. The van der Waals surface area contributed by atoms with Crippen LogP contribution in [0, 0.1) is 0 Å². The molecule has 0 fully saturated rings. The SMILES string of the molecule is CCCCCCCCCCC/C=C\C/C=C\CCCC(=O)OCC(COP(=O)(O)OCCN)OC(=O)CCCCCCCCCCCCCCCCC. The monoisotopic (exact) mass is 772 g/mol. The first-order valence-corrected chi connectivity index (χ1v) is 23.3. The Labute approximate surface area is 325 Å². The van der Waals surface area contributed by atoms with Crippen LogP contribution in [0.1, 0.15) is 206 Å². The molecule has 0 spiro atoms. The molecule has 0 radical (unpaired) electrons. The number of esters is 2. The van der Waals surface area contributed by atoms with Crippen LogP contribution in [0.5, 0.6) is 0 Å². The van der Waals surface area contributed by atoms with Crippen LogP contribution in [0.2, 0.25) is 0 Å². The van der Waals surface area contributed by atoms with Crippen molar-refractivity contribution in [1.29, 1.82) is 0 Å². The molecule has 0 aliphatic rings. The van der Waals surface area contributed by atoms with Crippen LogP contribution < -0.4 is 5.73 Å². The summed E-state index contributed by atoms with van der Waals surface area (Å²) in [6.07, 6.45) is 42.1. The Morgan fingerprint density at radius 1 is 0.566 bits per heavy atom. The van der Waals surface area contributed by atoms with Crippen LogP contribution in [-0.2, 0) is 32.7 Å². The number of carbonyl (C=O) groups excluding carboxylic acids is 2. The Morgan fingerprint density at radius 2 is 1.00 bits per heavy atom. The molecule has 53 heavy (non-hydrogen) atoms. The number of hydrogen-bond donors (Lipinski definition) is 2. The van der Waals surface area contributed by atoms with Crippen LogP contribution in [0.25, 0.3) is 0 Å². The molecular formula is C43H82NO8P. The molecule has 0 aromatic rings. The molecule has 0 aromatic carbocycles. The molecule has 3 N–H and O–H groups in total. The lowest BCUT2D eigenvalue weighted by atomic mass is 10.0. The molecule has 0 aliphatic carbocycles. The van der Waals surface area contributed by atoms with Gasteiger partial charge < -0.3 is 20.1 Å². The van der Waals surface area contributed by atoms with Gasteiger partial charge in [0.2, 0.25) is 0 Å². The van der Waals surface area contributed by atoms with Gasteiger partial charge in [-0.05, 0) is 38.5 Å². The zero-order chi connectivity index (χ0) is 38.9. The number of nitrogens with two attached hydrogens (primary N) is 1. The van der Waals surface area contributed by atoms with Crippen molar-refractivity contribution in [2.45, 2.75) is 213 Å². The summed E-state index contributed by atoms with van der Waals surface area (Å²) < 4.78 is 32.7. The Bertz CT molecular complexity index is 928. The quantitative estimate of drug-likeness (QED) is 0.0269. The Morgan fingerprint density at radius 3 is 1.49 bits per heavy atom. The van der Waals surface area contributed by atoms with E-state index in [1.165, 1.54) is 135 Å². The van der Waals surface area contributed by atoms with E-state index in [2.05, 4.69) is 38.2 Å². The number of carbonyl (C=O) groups is 2. The number of rotatable bonds is 41. The number of phosphoric ester groups is 1. The topological polar surface area (TPSA) is 134 Å². The van der Waals surface area contributed by atoms with Crippen molar-refractivity contribution in [2.75, 3.05) is 26.4 Å². The Balaban J connectivity index is 4.19. The lowest BCUT2D eigenvalue weighted by Gasteiger charge is -2.19. The van der Waals surface area contributed by atoms with Gasteiger partial charge in [-0.2, -0.15) is 0 Å². The van der Waals surface area contributed by atoms with E-state index in [9.17, 15) is 19.0 Å². The normalized spacial score (nSPS) is 13.5. The Hall–Kier alpha value is -1.51. The number of ether oxygens (including phenoxy) is 2. The molecular weight excluding hydrogens is 689 g/mol. The van der Waals surface area contributed by atoms with Gasteiger partial charge in [0.05, 0.1) is 13.2 Å². The summed E-state index contributed by atoms with van der Waals surface area (Å²) in [6.45, 7) is 3.70. The molecule has 0 bridgehead atoms. The third-order valence-electron chi connectivity index (χ3n) is 9.34. The van der Waals surface area contributed by atoms with Gasteiger partial charge in [0.1, 0.15) is 6.61 Å². The first kappa shape index (κ1) is 51.5. The standard InChI is InChI=1S/C43H82NO8P/c1-3-5-7-9-11-13-15-17-19-20-22-23-25-27-29-31-33-35-42(45)49-39-41(40-51-53(47,48)50-38-37-44)52-43(46)36-34-32-30-28-26-24-21-18-16-14-12-10-8-6-4-2/h22-23,27,29,41H,3-21,24-26,28,30-40,44H2,1-2H3,(H,47,48)/b23-22-,29-27-. The third kappa shape index (κ3) is 40.0. The summed E-state index contributed by atoms with van der Waals surface area (Å²) in [5.74, 6) is -0.873. The largest absolute Gasteiger partial charge is 0.472 e. The molecule has 0 amide bonds. The second kappa shape index (κ2) is 40.2. The van der Waals surface area contributed by atoms with Gasteiger partial charge >= 0.3 is 19.8 Å². The van der Waals surface area contributed by atoms with Crippen LogP contribution in [0.3, 0.4) is 0 Å². The van der Waals surface area contributed by atoms with Crippen molar-refractivity contribution in [1.82, 2.24) is 0 Å². The molecule has 10 heteroatoms. The van der Waals surface area contributed by atoms with E-state index in [1.54, 1.807) is 0 Å². The molecule has 2 atom stereocenters. The molecule has 2 unspecified atom stereocenters. The summed E-state index contributed by atoms with van der Waals surface area (Å²) in [5, 5.41) is 0. The highest BCUT2D eigenvalue weighted by atomic mass is 31.2. The molecule has 0 saturated heterocycles. The van der Waals surface area contributed by atoms with E-state index in [0.717, 1.165) is 32.1 Å². The lowest BCUT2D eigenvalue weighted by molar-refractivity contribution is -0.161. The summed E-state index contributed by atoms with van der Waals surface area (Å²) in [5.41, 5.74) is 5.34. The van der Waals surface area contributed by atoms with Crippen LogP contribution in [0.15, 0.2) is 24.3 Å². The maximum Gasteiger partial charge on any atom is 0.472 e. The fourth-order valence-electron chi connectivity index (χ4n) is 6.09. The van der Waals surface area contributed by atoms with E-state index in [-0.39, 0.29) is 32.6 Å². The van der Waals surface area contributed by atoms with E-state index < -0.39 is 32.5 Å². The highest BCUT2D eigenvalue weighted by molar-refractivity contribution is 7.47. The van der Waals surface area contributed by atoms with E-state index in [1.807, 2.05) is 0 Å². The minimum absolute atomic E-state index is 0.0501. The van der Waals surface area contributed by atoms with Crippen LogP contribution in [0.4, 0.5) is 0 Å². The smallest absolute Gasteiger partial charge is 0.462 e. The van der Waals surface area contributed by atoms with Gasteiger partial charge in [0, 0.05) is 19.4 Å². The Kier molecular flexibility index (Phi) is 39.0. The predicted octanol–water partition coefficient (Wildman–Crippen LogP) is 12.4. The van der Waals surface area contributed by atoms with E-state index >= 15 is 0 Å². The summed E-state index contributed by atoms with van der Waals surface area (Å²) >= 11 is 0. The fourth-order valence-corrected chi connectivity index (χ4v) is 6.85. The second-order valence-electron chi connectivity index (χ2n) is 14.6. The maximum absolute atomic E-state index is 12.6. The summed E-state index contributed by atoms with van der Waals surface area (Å²) in [7, 11) is -4.38. The molecule has 0 saturated carbocycles. The van der Waals surface area contributed by atoms with Crippen molar-refractivity contribution in [3.8, 4) is 0 Å². The molecule has 9 nitrogen and oxygen atoms in total. The summed E-state index contributed by atoms with van der Waals surface area (Å²) in [6, 6.07) is 0. The fraction of sp³-hybridized carbons (Fsp3) is 0.860. The van der Waals surface area contributed by atoms with E-state index in [0.29, 0.717) is 12.8 Å². The zero-order valence-electron chi connectivity index (χ0n) is 34.3. The molecule has 0 heterocycles. The van der Waals surface area contributed by atoms with Crippen molar-refractivity contribution in [2.24, 2.45) is 5.73 Å². The minimum Gasteiger partial charge on any atom is -0.462 e. The highest BCUT2D eigenvalue weighted by Gasteiger charge is 2.26. The zero-order valence-corrected chi connectivity index (χ0v) is 35.2. The highest BCUT2D eigenvalue weighted by Crippen LogP contribution is 2.43. The average molecular weight is 772 g/mol. The van der Waals surface area contributed by atoms with Gasteiger partial charge in [-0.1, -0.05) is 179 Å². The molecule has 0 aliphatic heterocycles. The van der Waals surface area contributed by atoms with Crippen molar-refractivity contribution in [3.05, 3.63) is 24.3 Å². The minimum atomic E-state index is -4.38. The van der Waals surface area contributed by atoms with Gasteiger partial charge in [-0.3, -0.25) is 18.6 Å². The molecule has 0 aromatic heterocycles. The number of hydrogen-bond acceptors (Lipinski definition) is 8. The van der Waals surface area contributed by atoms with Gasteiger partial charge in [-0.15, -0.1) is 0 Å². The van der Waals surface area contributed by atoms with Crippen LogP contribution in [-0.4, -0.2) is 49.3 Å². The second-order valence-corrected chi connectivity index (χ2v) is 16.0. The molecule has 0 rings (SSSR count). The van der Waals surface area contributed by atoms with Crippen LogP contribution >= 0.6 is 7.82 Å². The first-order chi connectivity index (χ1) is 25.8. The van der Waals surface area contributed by atoms with Crippen molar-refractivity contribution in [3.63, 3.8) is 0 Å². The maximum atomic E-state index is 12.6. The first-order valence-electron chi connectivity index (χ1n) is 21.8. The number of phosphoric acid groups is 1. The van der Waals surface area contributed by atoms with Crippen molar-refractivity contribution >= 4 is 19.8 Å². The van der Waals surface area contributed by atoms with Gasteiger partial charge in [-0.25, -0.2) is 4.57 Å². The summed E-state index contributed by atoms with van der Waals surface area (Å²) in [4.78, 5) is 34.8. The predicted molar refractivity (Wildman–Crippen MR) is 220 cm³/mol. The van der Waals surface area contributed by atoms with Gasteiger partial charge in [0.15, 0.2) is 6.10 Å². The van der Waals surface area contributed by atoms with Gasteiger partial charge in [0.25, 0.3) is 0 Å².